The van der Waals surface area contributed by atoms with Crippen LogP contribution in [-0.2, 0) is 3.79 Å². The minimum atomic E-state index is -1.68. The van der Waals surface area contributed by atoms with E-state index in [9.17, 15) is 0 Å². The Bertz CT molecular complexity index is 555. The van der Waals surface area contributed by atoms with Gasteiger partial charge in [0.2, 0.25) is 9.74 Å². The first kappa shape index (κ1) is 14.3. The minimum absolute atomic E-state index is 0.0994. The third-order valence-electron chi connectivity index (χ3n) is 2.26. The van der Waals surface area contributed by atoms with Crippen molar-refractivity contribution < 1.29 is 0 Å². The highest BCUT2D eigenvalue weighted by Gasteiger charge is 2.28. The highest BCUT2D eigenvalue weighted by atomic mass is 35.6. The van der Waals surface area contributed by atoms with Crippen LogP contribution in [-0.4, -0.2) is 21.5 Å². The topological polar surface area (TPSA) is 50.7 Å². The zero-order chi connectivity index (χ0) is 13.9. The Morgan fingerprint density at radius 2 is 1.74 bits per heavy atom. The second kappa shape index (κ2) is 5.90. The Kier molecular flexibility index (Phi) is 4.45. The van der Waals surface area contributed by atoms with Crippen molar-refractivity contribution in [3.05, 3.63) is 36.2 Å². The van der Waals surface area contributed by atoms with Crippen LogP contribution in [0.4, 0.5) is 5.95 Å². The van der Waals surface area contributed by atoms with Crippen molar-refractivity contribution in [2.75, 3.05) is 11.9 Å². The van der Waals surface area contributed by atoms with Crippen LogP contribution in [0.2, 0.25) is 0 Å². The lowest BCUT2D eigenvalue weighted by molar-refractivity contribution is 0.919. The third kappa shape index (κ3) is 3.69. The molecule has 2 rings (SSSR count). The Labute approximate surface area is 126 Å². The summed E-state index contributed by atoms with van der Waals surface area (Å²) in [6, 6.07) is 9.45. The van der Waals surface area contributed by atoms with Crippen LogP contribution in [0.25, 0.3) is 11.4 Å². The number of alkyl halides is 3. The van der Waals surface area contributed by atoms with E-state index in [2.05, 4.69) is 20.3 Å². The molecule has 0 atom stereocenters. The first-order valence-corrected chi connectivity index (χ1v) is 6.76. The molecule has 4 nitrogen and oxygen atoms in total. The van der Waals surface area contributed by atoms with Crippen LogP contribution in [0.3, 0.4) is 0 Å². The molecule has 100 valence electrons. The predicted molar refractivity (Wildman–Crippen MR) is 78.7 cm³/mol. The Morgan fingerprint density at radius 3 is 2.32 bits per heavy atom. The maximum atomic E-state index is 5.84. The van der Waals surface area contributed by atoms with Gasteiger partial charge in [-0.3, -0.25) is 0 Å². The number of benzene rings is 1. The van der Waals surface area contributed by atoms with Gasteiger partial charge in [-0.05, 0) is 6.92 Å². The molecule has 0 aliphatic rings. The fourth-order valence-electron chi connectivity index (χ4n) is 1.46. The van der Waals surface area contributed by atoms with Crippen LogP contribution in [0.1, 0.15) is 12.7 Å². The summed E-state index contributed by atoms with van der Waals surface area (Å²) in [5, 5.41) is 2.99. The Morgan fingerprint density at radius 1 is 1.05 bits per heavy atom. The molecular weight excluding hydrogens is 307 g/mol. The molecule has 0 unspecified atom stereocenters. The molecule has 0 aliphatic heterocycles. The van der Waals surface area contributed by atoms with Crippen LogP contribution in [0.5, 0.6) is 0 Å². The van der Waals surface area contributed by atoms with Gasteiger partial charge in [0.1, 0.15) is 0 Å². The summed E-state index contributed by atoms with van der Waals surface area (Å²) in [5.41, 5.74) is 0.833. The van der Waals surface area contributed by atoms with Gasteiger partial charge in [-0.15, -0.1) is 0 Å². The van der Waals surface area contributed by atoms with E-state index in [-0.39, 0.29) is 5.82 Å². The van der Waals surface area contributed by atoms with Crippen molar-refractivity contribution in [1.29, 1.82) is 0 Å². The number of halogens is 3. The van der Waals surface area contributed by atoms with Gasteiger partial charge in [-0.2, -0.15) is 9.97 Å². The van der Waals surface area contributed by atoms with E-state index in [0.717, 1.165) is 5.56 Å². The molecule has 0 amide bonds. The van der Waals surface area contributed by atoms with E-state index in [4.69, 9.17) is 34.8 Å². The van der Waals surface area contributed by atoms with E-state index < -0.39 is 3.79 Å². The van der Waals surface area contributed by atoms with E-state index in [1.165, 1.54) is 0 Å². The molecule has 0 bridgehead atoms. The second-order valence-corrected chi connectivity index (χ2v) is 5.98. The van der Waals surface area contributed by atoms with Crippen LogP contribution in [0, 0.1) is 0 Å². The van der Waals surface area contributed by atoms with Gasteiger partial charge in [0.05, 0.1) is 0 Å². The van der Waals surface area contributed by atoms with Crippen molar-refractivity contribution in [3.63, 3.8) is 0 Å². The lowest BCUT2D eigenvalue weighted by atomic mass is 10.2. The quantitative estimate of drug-likeness (QED) is 0.875. The van der Waals surface area contributed by atoms with Gasteiger partial charge in [-0.1, -0.05) is 65.1 Å². The molecule has 1 N–H and O–H groups in total. The van der Waals surface area contributed by atoms with Gasteiger partial charge in [0, 0.05) is 12.1 Å². The van der Waals surface area contributed by atoms with Gasteiger partial charge in [-0.25, -0.2) is 4.98 Å². The van der Waals surface area contributed by atoms with Crippen molar-refractivity contribution in [1.82, 2.24) is 15.0 Å². The number of nitrogens with zero attached hydrogens (tertiary/aromatic N) is 3. The lowest BCUT2D eigenvalue weighted by Crippen LogP contribution is -2.13. The fraction of sp³-hybridized carbons (Fsp3) is 0.250. The number of aromatic nitrogens is 3. The number of hydrogen-bond donors (Lipinski definition) is 1. The maximum absolute atomic E-state index is 5.84. The van der Waals surface area contributed by atoms with E-state index in [1.54, 1.807) is 0 Å². The molecule has 7 heteroatoms. The molecule has 19 heavy (non-hydrogen) atoms. The van der Waals surface area contributed by atoms with E-state index in [0.29, 0.717) is 18.3 Å². The highest BCUT2D eigenvalue weighted by molar-refractivity contribution is 6.66. The van der Waals surface area contributed by atoms with Crippen LogP contribution < -0.4 is 5.32 Å². The normalized spacial score (nSPS) is 11.4. The number of nitrogens with one attached hydrogen (secondary N) is 1. The van der Waals surface area contributed by atoms with Gasteiger partial charge in [0.15, 0.2) is 11.6 Å². The summed E-state index contributed by atoms with van der Waals surface area (Å²) in [7, 11) is 0. The third-order valence-corrected chi connectivity index (χ3v) is 2.76. The molecule has 0 aliphatic carbocycles. The monoisotopic (exact) mass is 316 g/mol. The molecule has 0 saturated heterocycles. The van der Waals surface area contributed by atoms with Crippen LogP contribution >= 0.6 is 34.8 Å². The molecule has 0 fully saturated rings. The maximum Gasteiger partial charge on any atom is 0.250 e. The number of rotatable bonds is 3. The molecular formula is C12H11Cl3N4. The van der Waals surface area contributed by atoms with Crippen LogP contribution in [0.15, 0.2) is 30.3 Å². The van der Waals surface area contributed by atoms with E-state index >= 15 is 0 Å². The lowest BCUT2D eigenvalue weighted by Gasteiger charge is -2.12. The summed E-state index contributed by atoms with van der Waals surface area (Å²) in [6.07, 6.45) is 0. The summed E-state index contributed by atoms with van der Waals surface area (Å²) in [6.45, 7) is 2.60. The fourth-order valence-corrected chi connectivity index (χ4v) is 1.71. The smallest absolute Gasteiger partial charge is 0.250 e. The molecule has 1 aromatic carbocycles. The molecule has 0 radical (unpaired) electrons. The summed E-state index contributed by atoms with van der Waals surface area (Å²) >= 11 is 17.5. The Balaban J connectivity index is 2.52. The standard InChI is InChI=1S/C12H11Cl3N4/c1-2-16-11-18-9(8-6-4-3-5-7-8)17-10(19-11)12(13,14)15/h3-7H,2H2,1H3,(H,16,17,18,19). The van der Waals surface area contributed by atoms with Crippen molar-refractivity contribution in [2.45, 2.75) is 10.7 Å². The summed E-state index contributed by atoms with van der Waals surface area (Å²) < 4.78 is -1.68. The zero-order valence-electron chi connectivity index (χ0n) is 10.1. The van der Waals surface area contributed by atoms with Crippen molar-refractivity contribution in [3.8, 4) is 11.4 Å². The summed E-state index contributed by atoms with van der Waals surface area (Å²) in [4.78, 5) is 12.6. The van der Waals surface area contributed by atoms with Gasteiger partial charge in [0.25, 0.3) is 0 Å². The van der Waals surface area contributed by atoms with E-state index in [1.807, 2.05) is 37.3 Å². The first-order chi connectivity index (χ1) is 9.00. The molecule has 2 aromatic rings. The SMILES string of the molecule is CCNc1nc(-c2ccccc2)nc(C(Cl)(Cl)Cl)n1. The highest BCUT2D eigenvalue weighted by Crippen LogP contribution is 2.36. The second-order valence-electron chi connectivity index (χ2n) is 3.70. The average Bonchev–Trinajstić information content (AvgIpc) is 2.39. The predicted octanol–water partition coefficient (Wildman–Crippen LogP) is 3.80. The molecule has 0 spiro atoms. The van der Waals surface area contributed by atoms with Crippen molar-refractivity contribution in [2.24, 2.45) is 0 Å². The first-order valence-electron chi connectivity index (χ1n) is 5.63. The zero-order valence-corrected chi connectivity index (χ0v) is 12.3. The van der Waals surface area contributed by atoms with Crippen molar-refractivity contribution >= 4 is 40.8 Å². The summed E-state index contributed by atoms with van der Waals surface area (Å²) in [5.74, 6) is 0.952. The largest absolute Gasteiger partial charge is 0.354 e. The van der Waals surface area contributed by atoms with Gasteiger partial charge < -0.3 is 5.32 Å². The minimum Gasteiger partial charge on any atom is -0.354 e. The van der Waals surface area contributed by atoms with Gasteiger partial charge >= 0.3 is 0 Å². The molecule has 1 heterocycles. The number of anilines is 1. The number of hydrogen-bond acceptors (Lipinski definition) is 4. The molecule has 1 aromatic heterocycles. The average molecular weight is 318 g/mol. The molecule has 0 saturated carbocycles. The Hall–Kier alpha value is -1.10.